The monoisotopic (exact) mass is 419 g/mol. The molecule has 0 aliphatic carbocycles. The Morgan fingerprint density at radius 2 is 1.68 bits per heavy atom. The molecular formula is C22H18FN5O3. The molecule has 2 N–H and O–H groups in total. The lowest BCUT2D eigenvalue weighted by molar-refractivity contribution is -0.117. The number of amides is 1. The van der Waals surface area contributed by atoms with Crippen LogP contribution in [0.1, 0.15) is 0 Å². The summed E-state index contributed by atoms with van der Waals surface area (Å²) in [5.41, 5.74) is 4.35. The number of para-hydroxylation sites is 3. The van der Waals surface area contributed by atoms with Crippen molar-refractivity contribution in [3.63, 3.8) is 0 Å². The van der Waals surface area contributed by atoms with E-state index in [2.05, 4.69) is 20.6 Å². The molecule has 4 rings (SSSR count). The summed E-state index contributed by atoms with van der Waals surface area (Å²) in [6.07, 6.45) is 0. The number of carbonyl (C=O) groups is 1. The number of nitrogens with one attached hydrogen (secondary N) is 1. The van der Waals surface area contributed by atoms with Gasteiger partial charge in [-0.25, -0.2) is 14.4 Å². The van der Waals surface area contributed by atoms with Gasteiger partial charge in [-0.05, 0) is 48.5 Å². The molecule has 1 unspecified atom stereocenters. The summed E-state index contributed by atoms with van der Waals surface area (Å²) in [5, 5.41) is 18.9. The van der Waals surface area contributed by atoms with Gasteiger partial charge in [0.15, 0.2) is 5.84 Å². The predicted molar refractivity (Wildman–Crippen MR) is 114 cm³/mol. The molecule has 0 radical (unpaired) electrons. The number of halogens is 1. The average Bonchev–Trinajstić information content (AvgIpc) is 3.09. The van der Waals surface area contributed by atoms with Gasteiger partial charge in [0, 0.05) is 0 Å². The van der Waals surface area contributed by atoms with Crippen molar-refractivity contribution in [2.24, 2.45) is 15.2 Å². The molecule has 1 fully saturated rings. The van der Waals surface area contributed by atoms with E-state index in [4.69, 9.17) is 4.74 Å². The van der Waals surface area contributed by atoms with Gasteiger partial charge in [0.25, 0.3) is 5.91 Å². The van der Waals surface area contributed by atoms with Crippen LogP contribution in [0.25, 0.3) is 0 Å². The van der Waals surface area contributed by atoms with Crippen molar-refractivity contribution < 1.29 is 19.0 Å². The zero-order chi connectivity index (χ0) is 21.6. The fourth-order valence-corrected chi connectivity index (χ4v) is 2.95. The van der Waals surface area contributed by atoms with Gasteiger partial charge in [0.2, 0.25) is 12.9 Å². The Kier molecular flexibility index (Phi) is 5.84. The van der Waals surface area contributed by atoms with Gasteiger partial charge in [-0.3, -0.25) is 10.2 Å². The van der Waals surface area contributed by atoms with Gasteiger partial charge in [-0.2, -0.15) is 10.2 Å². The Morgan fingerprint density at radius 1 is 0.968 bits per heavy atom. The number of aliphatic imine (C=N–C) groups is 1. The van der Waals surface area contributed by atoms with Crippen molar-refractivity contribution in [2.45, 2.75) is 6.04 Å². The molecule has 0 saturated carbocycles. The highest BCUT2D eigenvalue weighted by atomic mass is 19.1. The Bertz CT molecular complexity index is 1120. The third-order valence-electron chi connectivity index (χ3n) is 4.40. The molecule has 0 spiro atoms. The van der Waals surface area contributed by atoms with Gasteiger partial charge in [-0.1, -0.05) is 30.3 Å². The van der Waals surface area contributed by atoms with Crippen LogP contribution >= 0.6 is 0 Å². The van der Waals surface area contributed by atoms with Crippen LogP contribution in [-0.4, -0.2) is 29.8 Å². The number of rotatable bonds is 6. The fraction of sp³-hybridized carbons (Fsp3) is 0.0909. The van der Waals surface area contributed by atoms with Crippen LogP contribution in [0.5, 0.6) is 11.5 Å². The number of anilines is 1. The molecule has 0 bridgehead atoms. The predicted octanol–water partition coefficient (Wildman–Crippen LogP) is 4.43. The number of ether oxygens (including phenoxy) is 1. The minimum atomic E-state index is -1.05. The fourth-order valence-electron chi connectivity index (χ4n) is 2.95. The Labute approximate surface area is 177 Å². The number of hydrogen-bond acceptors (Lipinski definition) is 6. The first-order valence-corrected chi connectivity index (χ1v) is 9.37. The molecule has 3 aromatic carbocycles. The summed E-state index contributed by atoms with van der Waals surface area (Å²) in [4.78, 5) is 17.7. The van der Waals surface area contributed by atoms with Crippen LogP contribution < -0.4 is 15.2 Å². The Balaban J connectivity index is 1.70. The van der Waals surface area contributed by atoms with Crippen LogP contribution in [0.3, 0.4) is 0 Å². The second-order valence-corrected chi connectivity index (χ2v) is 6.47. The topological polar surface area (TPSA) is 98.9 Å². The molecule has 31 heavy (non-hydrogen) atoms. The third kappa shape index (κ3) is 4.50. The van der Waals surface area contributed by atoms with E-state index in [1.807, 2.05) is 18.2 Å². The molecule has 1 amide bonds. The molecule has 8 nitrogen and oxygen atoms in total. The lowest BCUT2D eigenvalue weighted by Gasteiger charge is -2.18. The molecular weight excluding hydrogens is 401 g/mol. The number of amidine groups is 1. The molecule has 1 aliphatic rings. The smallest absolute Gasteiger partial charge is 0.280 e. The van der Waals surface area contributed by atoms with Crippen molar-refractivity contribution in [2.75, 3.05) is 11.9 Å². The Morgan fingerprint density at radius 3 is 2.42 bits per heavy atom. The lowest BCUT2D eigenvalue weighted by atomic mass is 10.2. The zero-order valence-corrected chi connectivity index (χ0v) is 16.2. The number of nitrogens with zero attached hydrogens (tertiary/aromatic N) is 4. The van der Waals surface area contributed by atoms with E-state index in [1.165, 1.54) is 17.1 Å². The molecule has 1 heterocycles. The van der Waals surface area contributed by atoms with E-state index >= 15 is 0 Å². The summed E-state index contributed by atoms with van der Waals surface area (Å²) in [6, 6.07) is 20.7. The number of aromatic hydroxyl groups is 1. The number of hydrazine groups is 1. The summed E-state index contributed by atoms with van der Waals surface area (Å²) >= 11 is 0. The number of alkyl halides is 1. The first-order valence-electron chi connectivity index (χ1n) is 9.37. The van der Waals surface area contributed by atoms with Gasteiger partial charge in [-0.15, -0.1) is 0 Å². The van der Waals surface area contributed by atoms with Crippen LogP contribution in [0.15, 0.2) is 94.1 Å². The first-order chi connectivity index (χ1) is 15.2. The van der Waals surface area contributed by atoms with Gasteiger partial charge >= 0.3 is 0 Å². The summed E-state index contributed by atoms with van der Waals surface area (Å²) in [7, 11) is 0. The van der Waals surface area contributed by atoms with Crippen molar-refractivity contribution in [1.82, 2.24) is 5.43 Å². The molecule has 1 atom stereocenters. The highest BCUT2D eigenvalue weighted by Crippen LogP contribution is 2.31. The highest BCUT2D eigenvalue weighted by Gasteiger charge is 2.40. The maximum absolute atomic E-state index is 13.2. The minimum Gasteiger partial charge on any atom is -0.508 e. The van der Waals surface area contributed by atoms with Crippen molar-refractivity contribution in [3.8, 4) is 11.5 Å². The lowest BCUT2D eigenvalue weighted by Crippen LogP contribution is -2.36. The number of hydrogen-bond donors (Lipinski definition) is 2. The van der Waals surface area contributed by atoms with Crippen molar-refractivity contribution >= 4 is 28.8 Å². The van der Waals surface area contributed by atoms with Gasteiger partial charge < -0.3 is 9.84 Å². The standard InChI is InChI=1S/C22H18FN5O3/c23-14-31-19-9-5-4-8-18(19)28-22(30)20(26-25-16-10-12-17(29)13-11-16)21(27-28)24-15-6-2-1-3-7-15/h1-13,20,29H,14H2,(H,24,27). The largest absolute Gasteiger partial charge is 0.508 e. The number of benzene rings is 3. The molecule has 0 aromatic heterocycles. The summed E-state index contributed by atoms with van der Waals surface area (Å²) in [6.45, 7) is -1.03. The highest BCUT2D eigenvalue weighted by molar-refractivity contribution is 6.20. The first kappa shape index (κ1) is 20.0. The van der Waals surface area contributed by atoms with Crippen LogP contribution in [0.4, 0.5) is 21.5 Å². The van der Waals surface area contributed by atoms with E-state index in [9.17, 15) is 14.3 Å². The zero-order valence-electron chi connectivity index (χ0n) is 16.2. The minimum absolute atomic E-state index is 0.0968. The maximum atomic E-state index is 13.2. The SMILES string of the molecule is O=C1C(N=Nc2ccc(O)cc2)C(=Nc2ccccc2)NN1c1ccccc1OCF. The van der Waals surface area contributed by atoms with E-state index in [0.29, 0.717) is 17.1 Å². The van der Waals surface area contributed by atoms with E-state index in [1.54, 1.807) is 48.5 Å². The normalized spacial score (nSPS) is 17.3. The van der Waals surface area contributed by atoms with Gasteiger partial charge in [0.05, 0.1) is 11.4 Å². The molecule has 9 heteroatoms. The van der Waals surface area contributed by atoms with E-state index in [-0.39, 0.29) is 17.3 Å². The number of phenols is 1. The maximum Gasteiger partial charge on any atom is 0.280 e. The summed E-state index contributed by atoms with van der Waals surface area (Å²) in [5.74, 6) is 0.0986. The van der Waals surface area contributed by atoms with Crippen LogP contribution in [0, 0.1) is 0 Å². The number of azo groups is 1. The Hall–Kier alpha value is -4.27. The molecule has 1 aliphatic heterocycles. The average molecular weight is 419 g/mol. The molecule has 1 saturated heterocycles. The second kappa shape index (κ2) is 9.04. The molecule has 156 valence electrons. The van der Waals surface area contributed by atoms with Crippen LogP contribution in [-0.2, 0) is 4.79 Å². The second-order valence-electron chi connectivity index (χ2n) is 6.47. The summed E-state index contributed by atoms with van der Waals surface area (Å²) < 4.78 is 17.8. The quantitative estimate of drug-likeness (QED) is 0.578. The van der Waals surface area contributed by atoms with Crippen molar-refractivity contribution in [1.29, 1.82) is 0 Å². The molecule has 3 aromatic rings. The van der Waals surface area contributed by atoms with Crippen LogP contribution in [0.2, 0.25) is 0 Å². The van der Waals surface area contributed by atoms with E-state index < -0.39 is 18.8 Å². The van der Waals surface area contributed by atoms with E-state index in [0.717, 1.165) is 0 Å². The number of carbonyl (C=O) groups excluding carboxylic acids is 1. The third-order valence-corrected chi connectivity index (χ3v) is 4.40. The van der Waals surface area contributed by atoms with Crippen molar-refractivity contribution in [3.05, 3.63) is 78.9 Å². The number of phenolic OH excluding ortho intramolecular Hbond substituents is 1. The van der Waals surface area contributed by atoms with Gasteiger partial charge in [0.1, 0.15) is 17.2 Å².